The van der Waals surface area contributed by atoms with Crippen LogP contribution in [-0.2, 0) is 4.79 Å². The van der Waals surface area contributed by atoms with Crippen LogP contribution in [0.2, 0.25) is 0 Å². The van der Waals surface area contributed by atoms with Crippen molar-refractivity contribution in [3.05, 3.63) is 0 Å². The van der Waals surface area contributed by atoms with Gasteiger partial charge in [-0.2, -0.15) is 0 Å². The summed E-state index contributed by atoms with van der Waals surface area (Å²) < 4.78 is 0. The van der Waals surface area contributed by atoms with Crippen LogP contribution in [0.1, 0.15) is 39.5 Å². The molecule has 3 nitrogen and oxygen atoms in total. The second kappa shape index (κ2) is 6.23. The van der Waals surface area contributed by atoms with Crippen molar-refractivity contribution in [2.24, 2.45) is 5.92 Å². The molecule has 0 radical (unpaired) electrons. The maximum absolute atomic E-state index is 11.7. The molecule has 1 aliphatic carbocycles. The number of ketones is 1. The first-order chi connectivity index (χ1) is 7.15. The SMILES string of the molecule is CC(C)N(CCO)CC1CCCCC1=O. The van der Waals surface area contributed by atoms with Gasteiger partial charge in [0.05, 0.1) is 6.61 Å². The largest absolute Gasteiger partial charge is 0.395 e. The average Bonchev–Trinajstić information content (AvgIpc) is 2.20. The lowest BCUT2D eigenvalue weighted by molar-refractivity contribution is -0.125. The van der Waals surface area contributed by atoms with E-state index in [1.165, 1.54) is 6.42 Å². The lowest BCUT2D eigenvalue weighted by Crippen LogP contribution is -2.40. The van der Waals surface area contributed by atoms with Gasteiger partial charge in [-0.3, -0.25) is 9.69 Å². The van der Waals surface area contributed by atoms with Gasteiger partial charge in [-0.15, -0.1) is 0 Å². The molecule has 1 saturated carbocycles. The maximum Gasteiger partial charge on any atom is 0.137 e. The van der Waals surface area contributed by atoms with Crippen molar-refractivity contribution in [2.45, 2.75) is 45.6 Å². The molecular weight excluding hydrogens is 190 g/mol. The molecule has 1 rings (SSSR count). The molecule has 0 aromatic heterocycles. The Morgan fingerprint density at radius 3 is 2.73 bits per heavy atom. The third-order valence-electron chi connectivity index (χ3n) is 3.25. The van der Waals surface area contributed by atoms with Gasteiger partial charge in [0.2, 0.25) is 0 Å². The van der Waals surface area contributed by atoms with Crippen LogP contribution in [0.5, 0.6) is 0 Å². The smallest absolute Gasteiger partial charge is 0.137 e. The standard InChI is InChI=1S/C12H23NO2/c1-10(2)13(7-8-14)9-11-5-3-4-6-12(11)15/h10-11,14H,3-9H2,1-2H3. The van der Waals surface area contributed by atoms with E-state index in [-0.39, 0.29) is 12.5 Å². The van der Waals surface area contributed by atoms with Crippen molar-refractivity contribution in [3.8, 4) is 0 Å². The predicted octanol–water partition coefficient (Wildman–Crippen LogP) is 1.45. The Hall–Kier alpha value is -0.410. The molecule has 0 aromatic carbocycles. The molecule has 3 heteroatoms. The number of aliphatic hydroxyl groups excluding tert-OH is 1. The van der Waals surface area contributed by atoms with Crippen molar-refractivity contribution >= 4 is 5.78 Å². The van der Waals surface area contributed by atoms with Crippen LogP contribution < -0.4 is 0 Å². The van der Waals surface area contributed by atoms with E-state index in [0.29, 0.717) is 18.4 Å². The summed E-state index contributed by atoms with van der Waals surface area (Å²) in [5.74, 6) is 0.637. The predicted molar refractivity (Wildman–Crippen MR) is 60.8 cm³/mol. The molecule has 0 bridgehead atoms. The van der Waals surface area contributed by atoms with Gasteiger partial charge in [-0.25, -0.2) is 0 Å². The molecule has 1 fully saturated rings. The topological polar surface area (TPSA) is 40.5 Å². The highest BCUT2D eigenvalue weighted by molar-refractivity contribution is 5.81. The first-order valence-corrected chi connectivity index (χ1v) is 6.02. The Bertz CT molecular complexity index is 204. The fraction of sp³-hybridized carbons (Fsp3) is 0.917. The van der Waals surface area contributed by atoms with Gasteiger partial charge in [-0.05, 0) is 26.7 Å². The lowest BCUT2D eigenvalue weighted by Gasteiger charge is -2.31. The molecule has 1 unspecified atom stereocenters. The molecule has 1 aliphatic rings. The van der Waals surface area contributed by atoms with Crippen molar-refractivity contribution in [1.82, 2.24) is 4.90 Å². The van der Waals surface area contributed by atoms with Gasteiger partial charge in [0.15, 0.2) is 0 Å². The van der Waals surface area contributed by atoms with Crippen LogP contribution in [0.3, 0.4) is 0 Å². The number of nitrogens with zero attached hydrogens (tertiary/aromatic N) is 1. The minimum Gasteiger partial charge on any atom is -0.395 e. The van der Waals surface area contributed by atoms with Crippen LogP contribution in [0, 0.1) is 5.92 Å². The summed E-state index contributed by atoms with van der Waals surface area (Å²) in [5, 5.41) is 8.95. The third-order valence-corrected chi connectivity index (χ3v) is 3.25. The number of hydrogen-bond acceptors (Lipinski definition) is 3. The second-order valence-corrected chi connectivity index (χ2v) is 4.72. The molecule has 0 aromatic rings. The van der Waals surface area contributed by atoms with Crippen molar-refractivity contribution in [1.29, 1.82) is 0 Å². The Kier molecular flexibility index (Phi) is 5.26. The zero-order valence-electron chi connectivity index (χ0n) is 9.91. The molecule has 0 saturated heterocycles. The Balaban J connectivity index is 2.45. The number of aliphatic hydroxyl groups is 1. The fourth-order valence-corrected chi connectivity index (χ4v) is 2.22. The van der Waals surface area contributed by atoms with E-state index < -0.39 is 0 Å². The minimum atomic E-state index is 0.180. The Morgan fingerprint density at radius 1 is 1.47 bits per heavy atom. The van der Waals surface area contributed by atoms with E-state index in [4.69, 9.17) is 5.11 Å². The number of rotatable bonds is 5. The zero-order valence-corrected chi connectivity index (χ0v) is 9.91. The Labute approximate surface area is 92.5 Å². The van der Waals surface area contributed by atoms with Crippen LogP contribution in [0.15, 0.2) is 0 Å². The molecule has 1 N–H and O–H groups in total. The number of Topliss-reactive ketones (excluding diaryl/α,β-unsaturated/α-hetero) is 1. The van der Waals surface area contributed by atoms with Crippen molar-refractivity contribution in [2.75, 3.05) is 19.7 Å². The van der Waals surface area contributed by atoms with E-state index in [0.717, 1.165) is 25.8 Å². The average molecular weight is 213 g/mol. The Morgan fingerprint density at radius 2 is 2.20 bits per heavy atom. The molecular formula is C12H23NO2. The third kappa shape index (κ3) is 3.92. The summed E-state index contributed by atoms with van der Waals surface area (Å²) in [5.41, 5.74) is 0. The number of carbonyl (C=O) groups excluding carboxylic acids is 1. The van der Waals surface area contributed by atoms with Crippen LogP contribution in [-0.4, -0.2) is 41.5 Å². The van der Waals surface area contributed by atoms with Gasteiger partial charge < -0.3 is 5.11 Å². The first-order valence-electron chi connectivity index (χ1n) is 6.02. The van der Waals surface area contributed by atoms with Crippen LogP contribution in [0.25, 0.3) is 0 Å². The van der Waals surface area contributed by atoms with E-state index in [2.05, 4.69) is 18.7 Å². The highest BCUT2D eigenvalue weighted by Gasteiger charge is 2.24. The molecule has 0 spiro atoms. The first kappa shape index (κ1) is 12.7. The summed E-state index contributed by atoms with van der Waals surface area (Å²) in [4.78, 5) is 13.9. The van der Waals surface area contributed by atoms with E-state index in [1.807, 2.05) is 0 Å². The van der Waals surface area contributed by atoms with Gasteiger partial charge >= 0.3 is 0 Å². The van der Waals surface area contributed by atoms with Crippen LogP contribution in [0.4, 0.5) is 0 Å². The van der Waals surface area contributed by atoms with Gasteiger partial charge in [0.25, 0.3) is 0 Å². The quantitative estimate of drug-likeness (QED) is 0.751. The second-order valence-electron chi connectivity index (χ2n) is 4.72. The molecule has 1 atom stereocenters. The molecule has 15 heavy (non-hydrogen) atoms. The van der Waals surface area contributed by atoms with Crippen molar-refractivity contribution in [3.63, 3.8) is 0 Å². The molecule has 88 valence electrons. The zero-order chi connectivity index (χ0) is 11.3. The summed E-state index contributed by atoms with van der Waals surface area (Å²) in [6, 6.07) is 0.409. The highest BCUT2D eigenvalue weighted by atomic mass is 16.3. The van der Waals surface area contributed by atoms with Crippen molar-refractivity contribution < 1.29 is 9.90 Å². The van der Waals surface area contributed by atoms with E-state index >= 15 is 0 Å². The molecule has 0 aliphatic heterocycles. The number of carbonyl (C=O) groups is 1. The molecule has 0 heterocycles. The summed E-state index contributed by atoms with van der Waals surface area (Å²) in [7, 11) is 0. The number of hydrogen-bond donors (Lipinski definition) is 1. The minimum absolute atomic E-state index is 0.180. The van der Waals surface area contributed by atoms with Crippen LogP contribution >= 0.6 is 0 Å². The monoisotopic (exact) mass is 213 g/mol. The normalized spacial score (nSPS) is 22.7. The summed E-state index contributed by atoms with van der Waals surface area (Å²) in [6.07, 6.45) is 4.04. The summed E-state index contributed by atoms with van der Waals surface area (Å²) in [6.45, 7) is 5.92. The fourth-order valence-electron chi connectivity index (χ4n) is 2.22. The van der Waals surface area contributed by atoms with Gasteiger partial charge in [0, 0.05) is 31.5 Å². The maximum atomic E-state index is 11.7. The lowest BCUT2D eigenvalue weighted by atomic mass is 9.87. The van der Waals surface area contributed by atoms with E-state index in [9.17, 15) is 4.79 Å². The van der Waals surface area contributed by atoms with Gasteiger partial charge in [0.1, 0.15) is 5.78 Å². The highest BCUT2D eigenvalue weighted by Crippen LogP contribution is 2.22. The molecule has 0 amide bonds. The summed E-state index contributed by atoms with van der Waals surface area (Å²) >= 11 is 0. The van der Waals surface area contributed by atoms with Gasteiger partial charge in [-0.1, -0.05) is 6.42 Å². The van der Waals surface area contributed by atoms with E-state index in [1.54, 1.807) is 0 Å².